The first-order valence-corrected chi connectivity index (χ1v) is 16.9. The second-order valence-electron chi connectivity index (χ2n) is 13.7. The van der Waals surface area contributed by atoms with E-state index < -0.39 is 23.5 Å². The van der Waals surface area contributed by atoms with Gasteiger partial charge in [-0.05, 0) is 77.3 Å². The highest BCUT2D eigenvalue weighted by atomic mass is 32.1. The highest BCUT2D eigenvalue weighted by molar-refractivity contribution is 7.16. The second-order valence-corrected chi connectivity index (χ2v) is 14.8. The summed E-state index contributed by atoms with van der Waals surface area (Å²) >= 11 is 1.50. The Morgan fingerprint density at radius 2 is 2.02 bits per heavy atom. The Hall–Kier alpha value is -3.34. The minimum atomic E-state index is -0.947. The summed E-state index contributed by atoms with van der Waals surface area (Å²) in [6.07, 6.45) is 6.05. The minimum absolute atomic E-state index is 0.00817. The van der Waals surface area contributed by atoms with Gasteiger partial charge < -0.3 is 25.2 Å². The van der Waals surface area contributed by atoms with Crippen molar-refractivity contribution in [3.63, 3.8) is 0 Å². The number of fused-ring (bicyclic) bond motifs is 4. The molecule has 5 aliphatic rings. The van der Waals surface area contributed by atoms with Crippen LogP contribution in [-0.2, 0) is 18.3 Å². The fraction of sp³-hybridized carbons (Fsp3) is 0.625. The molecule has 4 atom stereocenters. The van der Waals surface area contributed by atoms with Crippen LogP contribution in [0.3, 0.4) is 0 Å². The van der Waals surface area contributed by atoms with E-state index in [-0.39, 0.29) is 29.1 Å². The van der Waals surface area contributed by atoms with Crippen molar-refractivity contribution in [2.45, 2.75) is 94.0 Å². The third-order valence-corrected chi connectivity index (χ3v) is 11.9. The molecule has 3 aromatic heterocycles. The van der Waals surface area contributed by atoms with E-state index in [0.29, 0.717) is 48.7 Å². The van der Waals surface area contributed by atoms with Crippen molar-refractivity contribution in [1.29, 1.82) is 5.26 Å². The molecule has 2 spiro atoms. The molecular formula is C32H38F2N8O2S. The SMILES string of the molecule is C[C@H](Oc1nc(-c2noc3c2CCC[C@@]32CCCc3sc(N)c(C#N)c32)nc(N2CCNC3(CC3)C2)c1F)[C@@H]1C[C@@H](F)CN1C. The van der Waals surface area contributed by atoms with E-state index in [0.717, 1.165) is 73.3 Å². The number of likely N-dealkylation sites (N-methyl/N-ethyl adjacent to an activating group) is 1. The van der Waals surface area contributed by atoms with Crippen molar-refractivity contribution >= 4 is 22.2 Å². The molecule has 0 aromatic carbocycles. The number of piperazine rings is 1. The van der Waals surface area contributed by atoms with Crippen molar-refractivity contribution in [3.8, 4) is 23.5 Å². The first-order valence-electron chi connectivity index (χ1n) is 16.1. The molecule has 3 fully saturated rings. The molecule has 0 radical (unpaired) electrons. The van der Waals surface area contributed by atoms with E-state index in [4.69, 9.17) is 20.0 Å². The standard InChI is InChI=1S/C32H38F2N8O2S/c1-17(21-13-18(33)15-41(21)2)43-30-24(34)29(42-12-11-37-31(16-42)9-10-31)38-28(39-30)25-19-5-3-7-32(26(19)44-40-25)8-4-6-22-23(32)20(14-35)27(36)45-22/h17-18,21,37H,3-13,15-16,36H2,1-2H3/t17-,18+,21-,32-/m0/s1. The number of nitrogen functional groups attached to an aromatic ring is 1. The Labute approximate surface area is 264 Å². The third-order valence-electron chi connectivity index (χ3n) is 10.8. The van der Waals surface area contributed by atoms with Gasteiger partial charge in [0.05, 0.1) is 11.0 Å². The fourth-order valence-corrected chi connectivity index (χ4v) is 9.58. The van der Waals surface area contributed by atoms with Crippen molar-refractivity contribution in [2.75, 3.05) is 43.9 Å². The summed E-state index contributed by atoms with van der Waals surface area (Å²) in [5.74, 6) is 0.423. The zero-order valence-corrected chi connectivity index (χ0v) is 26.5. The van der Waals surface area contributed by atoms with Crippen molar-refractivity contribution in [1.82, 2.24) is 25.3 Å². The van der Waals surface area contributed by atoms with Gasteiger partial charge in [0, 0.05) is 48.2 Å². The number of halogens is 2. The van der Waals surface area contributed by atoms with E-state index in [2.05, 4.69) is 21.5 Å². The van der Waals surface area contributed by atoms with Gasteiger partial charge in [-0.25, -0.2) is 9.37 Å². The molecule has 3 aromatic rings. The normalized spacial score (nSPS) is 27.8. The van der Waals surface area contributed by atoms with E-state index >= 15 is 4.39 Å². The Morgan fingerprint density at radius 3 is 2.76 bits per heavy atom. The van der Waals surface area contributed by atoms with Crippen LogP contribution in [0.4, 0.5) is 19.6 Å². The lowest BCUT2D eigenvalue weighted by Crippen LogP contribution is -2.53. The van der Waals surface area contributed by atoms with E-state index in [9.17, 15) is 9.65 Å². The molecule has 5 heterocycles. The average molecular weight is 637 g/mol. The van der Waals surface area contributed by atoms with Crippen LogP contribution >= 0.6 is 11.3 Å². The molecule has 0 bridgehead atoms. The molecule has 2 aliphatic heterocycles. The van der Waals surface area contributed by atoms with Gasteiger partial charge in [0.15, 0.2) is 23.1 Å². The van der Waals surface area contributed by atoms with Gasteiger partial charge in [-0.15, -0.1) is 11.3 Å². The lowest BCUT2D eigenvalue weighted by atomic mass is 9.63. The monoisotopic (exact) mass is 636 g/mol. The average Bonchev–Trinajstić information content (AvgIpc) is 3.32. The number of aryl methyl sites for hydroxylation is 1. The van der Waals surface area contributed by atoms with Crippen LogP contribution in [0, 0.1) is 17.1 Å². The summed E-state index contributed by atoms with van der Waals surface area (Å²) < 4.78 is 43.0. The number of rotatable bonds is 5. The van der Waals surface area contributed by atoms with Crippen LogP contribution in [0.15, 0.2) is 4.52 Å². The second kappa shape index (κ2) is 10.6. The zero-order valence-electron chi connectivity index (χ0n) is 25.7. The lowest BCUT2D eigenvalue weighted by Gasteiger charge is -2.39. The van der Waals surface area contributed by atoms with Crippen LogP contribution < -0.4 is 20.7 Å². The molecule has 0 unspecified atom stereocenters. The van der Waals surface area contributed by atoms with Crippen LogP contribution in [-0.4, -0.2) is 77.1 Å². The van der Waals surface area contributed by atoms with Gasteiger partial charge >= 0.3 is 0 Å². The number of ether oxygens (including phenoxy) is 1. The zero-order chi connectivity index (χ0) is 31.1. The number of likely N-dealkylation sites (tertiary alicyclic amines) is 1. The Bertz CT molecular complexity index is 1690. The molecule has 0 amide bonds. The number of nitrogens with one attached hydrogen (secondary N) is 1. The summed E-state index contributed by atoms with van der Waals surface area (Å²) in [5, 5.41) is 18.8. The summed E-state index contributed by atoms with van der Waals surface area (Å²) in [7, 11) is 1.86. The van der Waals surface area contributed by atoms with Crippen LogP contribution in [0.5, 0.6) is 5.88 Å². The van der Waals surface area contributed by atoms with Gasteiger partial charge in [-0.3, -0.25) is 4.90 Å². The van der Waals surface area contributed by atoms with Gasteiger partial charge in [0.25, 0.3) is 5.88 Å². The van der Waals surface area contributed by atoms with Gasteiger partial charge in [-0.1, -0.05) is 5.16 Å². The molecule has 3 N–H and O–H groups in total. The summed E-state index contributed by atoms with van der Waals surface area (Å²) in [4.78, 5) is 14.5. The lowest BCUT2D eigenvalue weighted by molar-refractivity contribution is 0.112. The first-order chi connectivity index (χ1) is 21.7. The number of nitriles is 1. The Kier molecular flexibility index (Phi) is 6.85. The largest absolute Gasteiger partial charge is 0.471 e. The van der Waals surface area contributed by atoms with E-state index in [1.807, 2.05) is 23.8 Å². The van der Waals surface area contributed by atoms with Gasteiger partial charge in [0.2, 0.25) is 5.82 Å². The molecule has 8 rings (SSSR count). The summed E-state index contributed by atoms with van der Waals surface area (Å²) in [6, 6.07) is 2.16. The maximum absolute atomic E-state index is 16.4. The van der Waals surface area contributed by atoms with Crippen molar-refractivity contribution in [3.05, 3.63) is 33.1 Å². The molecule has 1 saturated carbocycles. The Morgan fingerprint density at radius 1 is 1.22 bits per heavy atom. The molecular weight excluding hydrogens is 598 g/mol. The predicted molar refractivity (Wildman–Crippen MR) is 166 cm³/mol. The number of alkyl halides is 1. The predicted octanol–water partition coefficient (Wildman–Crippen LogP) is 4.50. The third kappa shape index (κ3) is 4.62. The fourth-order valence-electron chi connectivity index (χ4n) is 8.42. The van der Waals surface area contributed by atoms with Crippen molar-refractivity contribution < 1.29 is 18.0 Å². The van der Waals surface area contributed by atoms with E-state index in [1.54, 1.807) is 0 Å². The Balaban J connectivity index is 1.22. The summed E-state index contributed by atoms with van der Waals surface area (Å²) in [6.45, 7) is 4.13. The minimum Gasteiger partial charge on any atom is -0.471 e. The van der Waals surface area contributed by atoms with Crippen LogP contribution in [0.25, 0.3) is 11.5 Å². The number of thiophene rings is 1. The quantitative estimate of drug-likeness (QED) is 0.413. The number of hydrogen-bond donors (Lipinski definition) is 2. The van der Waals surface area contributed by atoms with Gasteiger partial charge in [-0.2, -0.15) is 14.6 Å². The molecule has 2 saturated heterocycles. The van der Waals surface area contributed by atoms with Crippen LogP contribution in [0.1, 0.15) is 79.2 Å². The molecule has 10 nitrogen and oxygen atoms in total. The molecule has 13 heteroatoms. The number of anilines is 2. The topological polar surface area (TPSA) is 129 Å². The number of aromatic nitrogens is 3. The molecule has 3 aliphatic carbocycles. The molecule has 238 valence electrons. The van der Waals surface area contributed by atoms with E-state index in [1.165, 1.54) is 11.3 Å². The van der Waals surface area contributed by atoms with Crippen molar-refractivity contribution in [2.24, 2.45) is 0 Å². The van der Waals surface area contributed by atoms with Gasteiger partial charge in [0.1, 0.15) is 23.3 Å². The summed E-state index contributed by atoms with van der Waals surface area (Å²) in [5.41, 5.74) is 8.74. The number of nitrogens with zero attached hydrogens (tertiary/aromatic N) is 6. The first kappa shape index (κ1) is 29.1. The maximum atomic E-state index is 16.4. The smallest absolute Gasteiger partial charge is 0.256 e. The van der Waals surface area contributed by atoms with Crippen LogP contribution in [0.2, 0.25) is 0 Å². The highest BCUT2D eigenvalue weighted by Gasteiger charge is 2.50. The molecule has 45 heavy (non-hydrogen) atoms. The number of nitrogens with two attached hydrogens (primary N) is 1. The highest BCUT2D eigenvalue weighted by Crippen LogP contribution is 2.55. The maximum Gasteiger partial charge on any atom is 0.256 e. The number of hydrogen-bond acceptors (Lipinski definition) is 11.